The van der Waals surface area contributed by atoms with E-state index in [-0.39, 0.29) is 0 Å². The summed E-state index contributed by atoms with van der Waals surface area (Å²) >= 11 is 0. The van der Waals surface area contributed by atoms with Gasteiger partial charge in [0.15, 0.2) is 0 Å². The van der Waals surface area contributed by atoms with Gasteiger partial charge < -0.3 is 15.5 Å². The number of hydrogen-bond donors (Lipinski definition) is 3. The second kappa shape index (κ2) is 3.65. The maximum atomic E-state index is 11.2. The molecule has 1 aliphatic rings. The summed E-state index contributed by atoms with van der Waals surface area (Å²) in [5.74, 6) is -3.84. The summed E-state index contributed by atoms with van der Waals surface area (Å²) in [4.78, 5) is 32.0. The van der Waals surface area contributed by atoms with Crippen molar-refractivity contribution >= 4 is 17.8 Å². The first-order chi connectivity index (χ1) is 6.43. The Morgan fingerprint density at radius 3 is 2.21 bits per heavy atom. The molecule has 0 spiro atoms. The molecule has 3 unspecified atom stereocenters. The van der Waals surface area contributed by atoms with Crippen LogP contribution in [0.25, 0.3) is 0 Å². The van der Waals surface area contributed by atoms with Crippen molar-refractivity contribution in [2.24, 2.45) is 11.8 Å². The molecule has 78 valence electrons. The molecular weight excluding hydrogens is 190 g/mol. The molecule has 1 saturated carbocycles. The van der Waals surface area contributed by atoms with Gasteiger partial charge in [-0.25, -0.2) is 0 Å². The van der Waals surface area contributed by atoms with E-state index in [2.05, 4.69) is 5.32 Å². The van der Waals surface area contributed by atoms with Crippen molar-refractivity contribution in [1.29, 1.82) is 0 Å². The van der Waals surface area contributed by atoms with Crippen LogP contribution in [0, 0.1) is 11.8 Å². The van der Waals surface area contributed by atoms with E-state index in [1.807, 2.05) is 0 Å². The quantitative estimate of drug-likeness (QED) is 0.557. The SMILES string of the molecule is CC(NC(=O)C1CC1C(=O)O)C(=O)O. The summed E-state index contributed by atoms with van der Waals surface area (Å²) in [6, 6.07) is -0.974. The molecule has 1 aliphatic carbocycles. The maximum absolute atomic E-state index is 11.2. The molecule has 0 heterocycles. The predicted octanol–water partition coefficient (Wildman–Crippen LogP) is -0.704. The fourth-order valence-electron chi connectivity index (χ4n) is 1.14. The Labute approximate surface area is 79.9 Å². The average molecular weight is 201 g/mol. The van der Waals surface area contributed by atoms with Gasteiger partial charge in [-0.05, 0) is 13.3 Å². The predicted molar refractivity (Wildman–Crippen MR) is 44.5 cm³/mol. The largest absolute Gasteiger partial charge is 0.481 e. The summed E-state index contributed by atoms with van der Waals surface area (Å²) in [5.41, 5.74) is 0. The van der Waals surface area contributed by atoms with E-state index < -0.39 is 35.7 Å². The Bertz CT molecular complexity index is 287. The molecule has 3 atom stereocenters. The summed E-state index contributed by atoms with van der Waals surface area (Å²) < 4.78 is 0. The van der Waals surface area contributed by atoms with Gasteiger partial charge in [0, 0.05) is 0 Å². The highest BCUT2D eigenvalue weighted by atomic mass is 16.4. The molecule has 0 saturated heterocycles. The molecule has 14 heavy (non-hydrogen) atoms. The number of carboxylic acid groups (broad SMARTS) is 2. The van der Waals surface area contributed by atoms with Gasteiger partial charge in [-0.3, -0.25) is 14.4 Å². The molecule has 0 aromatic rings. The number of hydrogen-bond acceptors (Lipinski definition) is 3. The average Bonchev–Trinajstić information content (AvgIpc) is 2.81. The zero-order valence-corrected chi connectivity index (χ0v) is 7.56. The van der Waals surface area contributed by atoms with Crippen molar-refractivity contribution in [3.8, 4) is 0 Å². The first-order valence-corrected chi connectivity index (χ1v) is 4.19. The number of aliphatic carboxylic acids is 2. The highest BCUT2D eigenvalue weighted by molar-refractivity contribution is 5.91. The lowest BCUT2D eigenvalue weighted by Crippen LogP contribution is -2.39. The van der Waals surface area contributed by atoms with Crippen molar-refractivity contribution in [2.75, 3.05) is 0 Å². The van der Waals surface area contributed by atoms with Crippen molar-refractivity contribution in [1.82, 2.24) is 5.32 Å². The Kier molecular flexibility index (Phi) is 2.73. The van der Waals surface area contributed by atoms with Gasteiger partial charge in [-0.2, -0.15) is 0 Å². The molecular formula is C8H11NO5. The van der Waals surface area contributed by atoms with Crippen molar-refractivity contribution in [2.45, 2.75) is 19.4 Å². The monoisotopic (exact) mass is 201 g/mol. The number of rotatable bonds is 4. The van der Waals surface area contributed by atoms with Gasteiger partial charge in [0.05, 0.1) is 11.8 Å². The van der Waals surface area contributed by atoms with E-state index in [0.29, 0.717) is 6.42 Å². The summed E-state index contributed by atoms with van der Waals surface area (Å²) in [5, 5.41) is 19.2. The minimum atomic E-state index is -1.13. The lowest BCUT2D eigenvalue weighted by molar-refractivity contribution is -0.142. The van der Waals surface area contributed by atoms with E-state index in [9.17, 15) is 14.4 Å². The zero-order valence-electron chi connectivity index (χ0n) is 7.56. The fraction of sp³-hybridized carbons (Fsp3) is 0.625. The van der Waals surface area contributed by atoms with Gasteiger partial charge in [0.1, 0.15) is 6.04 Å². The van der Waals surface area contributed by atoms with E-state index in [1.54, 1.807) is 0 Å². The third kappa shape index (κ3) is 2.21. The van der Waals surface area contributed by atoms with E-state index in [1.165, 1.54) is 6.92 Å². The van der Waals surface area contributed by atoms with Crippen molar-refractivity contribution < 1.29 is 24.6 Å². The van der Waals surface area contributed by atoms with Gasteiger partial charge in [-0.1, -0.05) is 0 Å². The normalized spacial score (nSPS) is 26.4. The van der Waals surface area contributed by atoms with Crippen LogP contribution >= 0.6 is 0 Å². The van der Waals surface area contributed by atoms with Gasteiger partial charge in [0.25, 0.3) is 0 Å². The van der Waals surface area contributed by atoms with Crippen LogP contribution in [0.2, 0.25) is 0 Å². The second-order valence-corrected chi connectivity index (χ2v) is 3.36. The van der Waals surface area contributed by atoms with Crippen LogP contribution in [-0.2, 0) is 14.4 Å². The van der Waals surface area contributed by atoms with Gasteiger partial charge in [0.2, 0.25) is 5.91 Å². The number of carbonyl (C=O) groups is 3. The molecule has 0 aromatic heterocycles. The lowest BCUT2D eigenvalue weighted by Gasteiger charge is -2.07. The molecule has 0 radical (unpaired) electrons. The van der Waals surface area contributed by atoms with Crippen molar-refractivity contribution in [3.63, 3.8) is 0 Å². The summed E-state index contributed by atoms with van der Waals surface area (Å²) in [6.45, 7) is 1.33. The molecule has 6 nitrogen and oxygen atoms in total. The van der Waals surface area contributed by atoms with Crippen molar-refractivity contribution in [3.05, 3.63) is 0 Å². The number of carboxylic acids is 2. The zero-order chi connectivity index (χ0) is 10.9. The summed E-state index contributed by atoms with van der Waals surface area (Å²) in [6.07, 6.45) is 0.299. The van der Waals surface area contributed by atoms with E-state index >= 15 is 0 Å². The van der Waals surface area contributed by atoms with E-state index in [4.69, 9.17) is 10.2 Å². The smallest absolute Gasteiger partial charge is 0.325 e. The first-order valence-electron chi connectivity index (χ1n) is 4.19. The van der Waals surface area contributed by atoms with Crippen LogP contribution < -0.4 is 5.32 Å². The minimum Gasteiger partial charge on any atom is -0.481 e. The Morgan fingerprint density at radius 1 is 1.29 bits per heavy atom. The summed E-state index contributed by atoms with van der Waals surface area (Å²) in [7, 11) is 0. The van der Waals surface area contributed by atoms with Crippen LogP contribution in [0.1, 0.15) is 13.3 Å². The number of carbonyl (C=O) groups excluding carboxylic acids is 1. The lowest BCUT2D eigenvalue weighted by atomic mass is 10.2. The third-order valence-electron chi connectivity index (χ3n) is 2.17. The Balaban J connectivity index is 2.38. The first kappa shape index (κ1) is 10.5. The van der Waals surface area contributed by atoms with Crippen LogP contribution in [0.4, 0.5) is 0 Å². The van der Waals surface area contributed by atoms with Crippen LogP contribution in [-0.4, -0.2) is 34.1 Å². The molecule has 0 aromatic carbocycles. The molecule has 1 rings (SSSR count). The number of amides is 1. The molecule has 0 aliphatic heterocycles. The number of nitrogens with one attached hydrogen (secondary N) is 1. The van der Waals surface area contributed by atoms with E-state index in [0.717, 1.165) is 0 Å². The third-order valence-corrected chi connectivity index (χ3v) is 2.17. The second-order valence-electron chi connectivity index (χ2n) is 3.36. The standard InChI is InChI=1S/C8H11NO5/c1-3(7(11)12)9-6(10)4-2-5(4)8(13)14/h3-5H,2H2,1H3,(H,9,10)(H,11,12)(H,13,14). The molecule has 1 amide bonds. The molecule has 0 bridgehead atoms. The van der Waals surface area contributed by atoms with Gasteiger partial charge in [-0.15, -0.1) is 0 Å². The molecule has 1 fully saturated rings. The van der Waals surface area contributed by atoms with Crippen LogP contribution in [0.5, 0.6) is 0 Å². The minimum absolute atomic E-state index is 0.299. The van der Waals surface area contributed by atoms with Crippen LogP contribution in [0.3, 0.4) is 0 Å². The molecule has 6 heteroatoms. The Hall–Kier alpha value is -1.59. The maximum Gasteiger partial charge on any atom is 0.325 e. The molecule has 3 N–H and O–H groups in total. The Morgan fingerprint density at radius 2 is 1.86 bits per heavy atom. The highest BCUT2D eigenvalue weighted by Gasteiger charge is 2.48. The van der Waals surface area contributed by atoms with Crippen LogP contribution in [0.15, 0.2) is 0 Å². The topological polar surface area (TPSA) is 104 Å². The van der Waals surface area contributed by atoms with Gasteiger partial charge >= 0.3 is 11.9 Å². The highest BCUT2D eigenvalue weighted by Crippen LogP contribution is 2.38. The fourth-order valence-corrected chi connectivity index (χ4v) is 1.14.